The molecule has 19 heteroatoms. The van der Waals surface area contributed by atoms with Gasteiger partial charge in [-0.15, -0.1) is 0 Å². The molecule has 0 fully saturated rings. The summed E-state index contributed by atoms with van der Waals surface area (Å²) >= 11 is 0. The molecule has 0 bridgehead atoms. The Labute approximate surface area is 599 Å². The number of carbonyl (C=O) groups excluding carboxylic acids is 4. The van der Waals surface area contributed by atoms with Crippen LogP contribution < -0.4 is 0 Å². The Kier molecular flexibility index (Phi) is 68.5. The molecule has 0 aliphatic rings. The van der Waals surface area contributed by atoms with Crippen LogP contribution in [0.2, 0.25) is 0 Å². The topological polar surface area (TPSA) is 237 Å². The number of phosphoric acid groups is 2. The summed E-state index contributed by atoms with van der Waals surface area (Å²) in [7, 11) is -9.93. The maximum absolute atomic E-state index is 13.1. The number of hydrogen-bond acceptors (Lipinski definition) is 15. The number of unbranched alkanes of at least 4 members (excludes halogenated alkanes) is 43. The Balaban J connectivity index is 5.26. The van der Waals surface area contributed by atoms with Gasteiger partial charge in [0, 0.05) is 25.7 Å². The van der Waals surface area contributed by atoms with Crippen LogP contribution >= 0.6 is 15.6 Å². The molecule has 0 aromatic carbocycles. The number of allylic oxidation sites excluding steroid dienone is 4. The maximum Gasteiger partial charge on any atom is 0.472 e. The van der Waals surface area contributed by atoms with Gasteiger partial charge in [0.25, 0.3) is 0 Å². The quantitative estimate of drug-likeness (QED) is 0.0169. The van der Waals surface area contributed by atoms with Gasteiger partial charge in [-0.25, -0.2) is 9.13 Å². The summed E-state index contributed by atoms with van der Waals surface area (Å²) in [5.74, 6) is -0.678. The number of esters is 4. The van der Waals surface area contributed by atoms with E-state index >= 15 is 0 Å². The summed E-state index contributed by atoms with van der Waals surface area (Å²) in [6.45, 7) is 9.48. The van der Waals surface area contributed by atoms with Crippen molar-refractivity contribution in [1.29, 1.82) is 0 Å². The summed E-state index contributed by atoms with van der Waals surface area (Å²) in [6, 6.07) is 0. The van der Waals surface area contributed by atoms with Crippen LogP contribution in [0.5, 0.6) is 0 Å². The van der Waals surface area contributed by atoms with Crippen molar-refractivity contribution in [2.75, 3.05) is 39.6 Å². The zero-order chi connectivity index (χ0) is 72.1. The normalized spacial score (nSPS) is 14.1. The third-order valence-corrected chi connectivity index (χ3v) is 19.7. The lowest BCUT2D eigenvalue weighted by Crippen LogP contribution is -2.30. The summed E-state index contributed by atoms with van der Waals surface area (Å²) in [4.78, 5) is 72.9. The smallest absolute Gasteiger partial charge is 0.462 e. The van der Waals surface area contributed by atoms with Gasteiger partial charge in [0.15, 0.2) is 12.2 Å². The van der Waals surface area contributed by atoms with E-state index in [1.54, 1.807) is 0 Å². The van der Waals surface area contributed by atoms with Gasteiger partial charge < -0.3 is 33.8 Å². The fraction of sp³-hybridized carbons (Fsp3) is 0.899. The molecule has 17 nitrogen and oxygen atoms in total. The molecule has 0 rings (SSSR count). The second-order valence-corrected chi connectivity index (χ2v) is 31.6. The lowest BCUT2D eigenvalue weighted by Gasteiger charge is -2.21. The number of hydrogen-bond donors (Lipinski definition) is 3. The highest BCUT2D eigenvalue weighted by Crippen LogP contribution is 2.45. The summed E-state index contributed by atoms with van der Waals surface area (Å²) < 4.78 is 68.6. The molecule has 5 atom stereocenters. The number of rotatable bonds is 76. The number of aliphatic hydroxyl groups is 1. The van der Waals surface area contributed by atoms with Crippen LogP contribution in [0.4, 0.5) is 0 Å². The van der Waals surface area contributed by atoms with Crippen LogP contribution in [0.25, 0.3) is 0 Å². The molecule has 98 heavy (non-hydrogen) atoms. The van der Waals surface area contributed by atoms with Gasteiger partial charge in [0.2, 0.25) is 0 Å². The predicted octanol–water partition coefficient (Wildman–Crippen LogP) is 23.1. The summed E-state index contributed by atoms with van der Waals surface area (Å²) in [5, 5.41) is 10.6. The van der Waals surface area contributed by atoms with Gasteiger partial charge in [0.1, 0.15) is 19.3 Å². The monoisotopic (exact) mass is 1430 g/mol. The largest absolute Gasteiger partial charge is 0.472 e. The van der Waals surface area contributed by atoms with Gasteiger partial charge in [-0.05, 0) is 63.2 Å². The molecule has 2 unspecified atom stereocenters. The molecule has 0 radical (unpaired) electrons. The Morgan fingerprint density at radius 2 is 0.551 bits per heavy atom. The third kappa shape index (κ3) is 71.9. The first-order chi connectivity index (χ1) is 47.4. The lowest BCUT2D eigenvalue weighted by atomic mass is 10.0. The Hall–Kier alpha value is -2.46. The number of aliphatic hydroxyl groups excluding tert-OH is 1. The lowest BCUT2D eigenvalue weighted by molar-refractivity contribution is -0.161. The molecule has 578 valence electrons. The van der Waals surface area contributed by atoms with Crippen molar-refractivity contribution in [2.24, 2.45) is 11.8 Å². The molecule has 0 spiro atoms. The van der Waals surface area contributed by atoms with Crippen LogP contribution in [-0.4, -0.2) is 96.7 Å². The van der Waals surface area contributed by atoms with Gasteiger partial charge in [-0.3, -0.25) is 37.3 Å². The van der Waals surface area contributed by atoms with Crippen LogP contribution in [0.3, 0.4) is 0 Å². The fourth-order valence-corrected chi connectivity index (χ4v) is 13.2. The molecule has 3 N–H and O–H groups in total. The van der Waals surface area contributed by atoms with Gasteiger partial charge >= 0.3 is 39.5 Å². The van der Waals surface area contributed by atoms with E-state index < -0.39 is 97.5 Å². The molecule has 0 aromatic heterocycles. The highest BCUT2D eigenvalue weighted by atomic mass is 31.2. The molecule has 0 heterocycles. The van der Waals surface area contributed by atoms with Gasteiger partial charge in [-0.1, -0.05) is 336 Å². The molecular formula is C79H150O17P2. The molecular weight excluding hydrogens is 1280 g/mol. The minimum atomic E-state index is -4.96. The summed E-state index contributed by atoms with van der Waals surface area (Å²) in [5.41, 5.74) is 0. The van der Waals surface area contributed by atoms with Crippen molar-refractivity contribution in [3.05, 3.63) is 24.3 Å². The Bertz CT molecular complexity index is 1980. The first kappa shape index (κ1) is 95.5. The van der Waals surface area contributed by atoms with Crippen molar-refractivity contribution >= 4 is 39.5 Å². The van der Waals surface area contributed by atoms with Crippen LogP contribution in [-0.2, 0) is 65.4 Å². The standard InChI is InChI=1S/C79H150O17P2/c1-7-9-11-13-15-17-19-21-23-24-25-27-31-36-40-44-52-58-63-78(83)95-74(67-89-76(81)61-55-49-42-38-34-32-28-29-33-37-41-47-53-59-71(3)4)69-93-97(85,86)91-65-73(80)66-92-98(87,88)94-70-75(68-90-77(82)62-56-50-46-45-48-54-60-72(5)6)96-79(84)64-57-51-43-39-35-30-26-22-20-18-16-14-12-10-8-2/h18,20,22,26,71-75,80H,7-17,19,21,23-25,27-70H2,1-6H3,(H,85,86)(H,87,88)/b20-18-,26-22-/t73-,74-,75-/m1/s1. The van der Waals surface area contributed by atoms with Gasteiger partial charge in [-0.2, -0.15) is 0 Å². The SMILES string of the molecule is CCCCCC/C=C\C=C/CCCCCCCC(=O)O[C@H](COC(=O)CCCCCCCCC(C)C)COP(=O)(O)OC[C@H](O)COP(=O)(O)OC[C@@H](COC(=O)CCCCCCCCCCCCCCCC(C)C)OC(=O)CCCCCCCCCCCCCCCCCCCC. The number of carbonyl (C=O) groups is 4. The first-order valence-corrected chi connectivity index (χ1v) is 43.3. The first-order valence-electron chi connectivity index (χ1n) is 40.3. The van der Waals surface area contributed by atoms with Crippen LogP contribution in [0.15, 0.2) is 24.3 Å². The number of ether oxygens (including phenoxy) is 4. The fourth-order valence-electron chi connectivity index (χ4n) is 11.6. The number of phosphoric ester groups is 2. The predicted molar refractivity (Wildman–Crippen MR) is 400 cm³/mol. The van der Waals surface area contributed by atoms with Crippen molar-refractivity contribution in [3.63, 3.8) is 0 Å². The van der Waals surface area contributed by atoms with E-state index in [2.05, 4.69) is 65.8 Å². The maximum atomic E-state index is 13.1. The van der Waals surface area contributed by atoms with Crippen molar-refractivity contribution in [1.82, 2.24) is 0 Å². The van der Waals surface area contributed by atoms with E-state index in [1.165, 1.54) is 186 Å². The van der Waals surface area contributed by atoms with E-state index in [-0.39, 0.29) is 25.7 Å². The molecule has 0 aliphatic carbocycles. The minimum absolute atomic E-state index is 0.0841. The molecule has 0 aliphatic heterocycles. The highest BCUT2D eigenvalue weighted by Gasteiger charge is 2.30. The van der Waals surface area contributed by atoms with E-state index in [0.717, 1.165) is 115 Å². The zero-order valence-electron chi connectivity index (χ0n) is 63.6. The molecule has 0 amide bonds. The molecule has 0 aromatic rings. The van der Waals surface area contributed by atoms with Gasteiger partial charge in [0.05, 0.1) is 26.4 Å². The van der Waals surface area contributed by atoms with Crippen LogP contribution in [0.1, 0.15) is 388 Å². The van der Waals surface area contributed by atoms with Crippen LogP contribution in [0, 0.1) is 11.8 Å². The summed E-state index contributed by atoms with van der Waals surface area (Å²) in [6.07, 6.45) is 62.0. The van der Waals surface area contributed by atoms with Crippen molar-refractivity contribution in [2.45, 2.75) is 407 Å². The Morgan fingerprint density at radius 3 is 0.837 bits per heavy atom. The third-order valence-electron chi connectivity index (χ3n) is 17.8. The van der Waals surface area contributed by atoms with E-state index in [1.807, 2.05) is 0 Å². The van der Waals surface area contributed by atoms with E-state index in [4.69, 9.17) is 37.0 Å². The molecule has 0 saturated heterocycles. The van der Waals surface area contributed by atoms with Crippen molar-refractivity contribution < 1.29 is 80.2 Å². The molecule has 0 saturated carbocycles. The van der Waals surface area contributed by atoms with Crippen molar-refractivity contribution in [3.8, 4) is 0 Å². The average Bonchev–Trinajstić information content (AvgIpc) is 1.22. The second kappa shape index (κ2) is 70.2. The highest BCUT2D eigenvalue weighted by molar-refractivity contribution is 7.47. The minimum Gasteiger partial charge on any atom is -0.462 e. The Morgan fingerprint density at radius 1 is 0.316 bits per heavy atom. The second-order valence-electron chi connectivity index (χ2n) is 28.7. The van der Waals surface area contributed by atoms with E-state index in [0.29, 0.717) is 31.6 Å². The van der Waals surface area contributed by atoms with E-state index in [9.17, 15) is 43.2 Å². The average molecular weight is 1430 g/mol. The zero-order valence-corrected chi connectivity index (χ0v) is 65.4.